The van der Waals surface area contributed by atoms with Gasteiger partial charge in [-0.25, -0.2) is 0 Å². The molecule has 0 radical (unpaired) electrons. The average molecular weight is 233 g/mol. The monoisotopic (exact) mass is 233 g/mol. The van der Waals surface area contributed by atoms with E-state index in [0.29, 0.717) is 0 Å². The van der Waals surface area contributed by atoms with Crippen molar-refractivity contribution in [2.24, 2.45) is 0 Å². The van der Waals surface area contributed by atoms with Gasteiger partial charge in [0.1, 0.15) is 0 Å². The maximum absolute atomic E-state index is 11.2. The maximum atomic E-state index is 11.2. The fourth-order valence-corrected chi connectivity index (χ4v) is 1.05. The Bertz CT molecular complexity index is 201. The Morgan fingerprint density at radius 2 is 1.38 bits per heavy atom. The van der Waals surface area contributed by atoms with Crippen LogP contribution in [-0.4, -0.2) is 73.4 Å². The molecule has 0 unspecified atom stereocenters. The molecule has 0 aliphatic rings. The van der Waals surface area contributed by atoms with E-state index in [4.69, 9.17) is 10.2 Å². The number of hydrogen-bond acceptors (Lipinski definition) is 5. The fraction of sp³-hybridized carbons (Fsp3) is 0.778. The van der Waals surface area contributed by atoms with E-state index in [9.17, 15) is 9.59 Å². The van der Waals surface area contributed by atoms with Crippen LogP contribution in [-0.2, 0) is 9.59 Å². The van der Waals surface area contributed by atoms with Crippen molar-refractivity contribution in [2.45, 2.75) is 0 Å². The first-order valence-corrected chi connectivity index (χ1v) is 5.03. The van der Waals surface area contributed by atoms with Crippen LogP contribution in [0.3, 0.4) is 0 Å². The molecule has 0 saturated carbocycles. The van der Waals surface area contributed by atoms with Gasteiger partial charge in [0.2, 0.25) is 11.8 Å². The standard InChI is InChI=1S/C9H19N3O4/c1-12(6-8(15)10-2-4-13)7-9(16)11-3-5-14/h13-14H,2-7H2,1H3,(H,10,15)(H,11,16). The number of aliphatic hydroxyl groups excluding tert-OH is 2. The first-order chi connectivity index (χ1) is 7.60. The highest BCUT2D eigenvalue weighted by Gasteiger charge is 2.09. The maximum Gasteiger partial charge on any atom is 0.234 e. The highest BCUT2D eigenvalue weighted by molar-refractivity contribution is 5.81. The van der Waals surface area contributed by atoms with Gasteiger partial charge in [0.25, 0.3) is 0 Å². The van der Waals surface area contributed by atoms with E-state index in [1.165, 1.54) is 0 Å². The minimum Gasteiger partial charge on any atom is -0.395 e. The molecule has 7 nitrogen and oxygen atoms in total. The number of nitrogens with one attached hydrogen (secondary N) is 2. The predicted molar refractivity (Wildman–Crippen MR) is 57.7 cm³/mol. The zero-order valence-electron chi connectivity index (χ0n) is 9.40. The molecule has 16 heavy (non-hydrogen) atoms. The number of hydrogen-bond donors (Lipinski definition) is 4. The summed E-state index contributed by atoms with van der Waals surface area (Å²) >= 11 is 0. The van der Waals surface area contributed by atoms with E-state index in [-0.39, 0.29) is 51.2 Å². The van der Waals surface area contributed by atoms with Gasteiger partial charge in [-0.3, -0.25) is 14.5 Å². The summed E-state index contributed by atoms with van der Waals surface area (Å²) in [6, 6.07) is 0. The summed E-state index contributed by atoms with van der Waals surface area (Å²) in [5.74, 6) is -0.488. The van der Waals surface area contributed by atoms with Crippen molar-refractivity contribution in [3.05, 3.63) is 0 Å². The first kappa shape index (κ1) is 14.8. The van der Waals surface area contributed by atoms with E-state index in [1.807, 2.05) is 0 Å². The van der Waals surface area contributed by atoms with Gasteiger partial charge in [-0.15, -0.1) is 0 Å². The number of aliphatic hydroxyl groups is 2. The molecule has 94 valence electrons. The summed E-state index contributed by atoms with van der Waals surface area (Å²) in [4.78, 5) is 23.9. The second kappa shape index (κ2) is 9.08. The Labute approximate surface area is 94.4 Å². The molecule has 0 fully saturated rings. The van der Waals surface area contributed by atoms with Crippen LogP contribution >= 0.6 is 0 Å². The first-order valence-electron chi connectivity index (χ1n) is 5.03. The molecule has 0 bridgehead atoms. The van der Waals surface area contributed by atoms with Crippen LogP contribution in [0.2, 0.25) is 0 Å². The molecule has 0 heterocycles. The summed E-state index contributed by atoms with van der Waals surface area (Å²) < 4.78 is 0. The highest BCUT2D eigenvalue weighted by Crippen LogP contribution is 1.82. The number of carbonyl (C=O) groups excluding carboxylic acids is 2. The third kappa shape index (κ3) is 8.16. The molecule has 2 amide bonds. The lowest BCUT2D eigenvalue weighted by molar-refractivity contribution is -0.124. The van der Waals surface area contributed by atoms with Crippen LogP contribution in [0.4, 0.5) is 0 Å². The van der Waals surface area contributed by atoms with Gasteiger partial charge in [-0.05, 0) is 7.05 Å². The van der Waals surface area contributed by atoms with Gasteiger partial charge in [0, 0.05) is 13.1 Å². The molecule has 7 heteroatoms. The fourth-order valence-electron chi connectivity index (χ4n) is 1.05. The van der Waals surface area contributed by atoms with E-state index < -0.39 is 0 Å². The summed E-state index contributed by atoms with van der Waals surface area (Å²) in [7, 11) is 1.64. The summed E-state index contributed by atoms with van der Waals surface area (Å²) in [5.41, 5.74) is 0. The minimum atomic E-state index is -0.244. The van der Waals surface area contributed by atoms with Crippen molar-refractivity contribution in [1.29, 1.82) is 0 Å². The predicted octanol–water partition coefficient (Wildman–Crippen LogP) is -2.86. The van der Waals surface area contributed by atoms with Crippen LogP contribution in [0.25, 0.3) is 0 Å². The number of rotatable bonds is 8. The van der Waals surface area contributed by atoms with Gasteiger partial charge < -0.3 is 20.8 Å². The Morgan fingerprint density at radius 3 is 1.69 bits per heavy atom. The number of carbonyl (C=O) groups is 2. The van der Waals surface area contributed by atoms with E-state index in [2.05, 4.69) is 10.6 Å². The lowest BCUT2D eigenvalue weighted by Gasteiger charge is -2.15. The van der Waals surface area contributed by atoms with Gasteiger partial charge in [-0.1, -0.05) is 0 Å². The molecule has 0 atom stereocenters. The zero-order valence-corrected chi connectivity index (χ0v) is 9.40. The Hall–Kier alpha value is -1.18. The van der Waals surface area contributed by atoms with Crippen molar-refractivity contribution in [1.82, 2.24) is 15.5 Å². The summed E-state index contributed by atoms with van der Waals surface area (Å²) in [6.07, 6.45) is 0. The molecule has 0 spiro atoms. The third-order valence-electron chi connectivity index (χ3n) is 1.69. The van der Waals surface area contributed by atoms with Crippen molar-refractivity contribution in [2.75, 3.05) is 46.4 Å². The largest absolute Gasteiger partial charge is 0.395 e. The zero-order chi connectivity index (χ0) is 12.4. The molecule has 0 aromatic carbocycles. The SMILES string of the molecule is CN(CC(=O)NCCO)CC(=O)NCCO. The van der Waals surface area contributed by atoms with Crippen LogP contribution in [0, 0.1) is 0 Å². The summed E-state index contributed by atoms with van der Waals surface area (Å²) in [5, 5.41) is 21.9. The number of likely N-dealkylation sites (N-methyl/N-ethyl adjacent to an activating group) is 1. The Morgan fingerprint density at radius 1 is 1.00 bits per heavy atom. The Balaban J connectivity index is 3.67. The topological polar surface area (TPSA) is 102 Å². The Kier molecular flexibility index (Phi) is 8.41. The van der Waals surface area contributed by atoms with E-state index in [1.54, 1.807) is 11.9 Å². The van der Waals surface area contributed by atoms with E-state index >= 15 is 0 Å². The van der Waals surface area contributed by atoms with Crippen LogP contribution in [0.1, 0.15) is 0 Å². The van der Waals surface area contributed by atoms with Gasteiger partial charge in [-0.2, -0.15) is 0 Å². The van der Waals surface area contributed by atoms with Crippen molar-refractivity contribution in [3.63, 3.8) is 0 Å². The molecule has 4 N–H and O–H groups in total. The second-order valence-electron chi connectivity index (χ2n) is 3.32. The van der Waals surface area contributed by atoms with Crippen LogP contribution < -0.4 is 10.6 Å². The van der Waals surface area contributed by atoms with Crippen LogP contribution in [0.5, 0.6) is 0 Å². The van der Waals surface area contributed by atoms with Gasteiger partial charge >= 0.3 is 0 Å². The van der Waals surface area contributed by atoms with Crippen molar-refractivity contribution in [3.8, 4) is 0 Å². The molecule has 0 rings (SSSR count). The average Bonchev–Trinajstić information content (AvgIpc) is 2.23. The minimum absolute atomic E-state index is 0.0898. The van der Waals surface area contributed by atoms with Crippen molar-refractivity contribution < 1.29 is 19.8 Å². The number of amides is 2. The smallest absolute Gasteiger partial charge is 0.234 e. The lowest BCUT2D eigenvalue weighted by atomic mass is 10.4. The van der Waals surface area contributed by atoms with Crippen molar-refractivity contribution >= 4 is 11.8 Å². The highest BCUT2D eigenvalue weighted by atomic mass is 16.3. The normalized spacial score (nSPS) is 10.2. The molecule has 0 saturated heterocycles. The van der Waals surface area contributed by atoms with E-state index in [0.717, 1.165) is 0 Å². The molecular weight excluding hydrogens is 214 g/mol. The quantitative estimate of drug-likeness (QED) is 0.361. The number of nitrogens with zero attached hydrogens (tertiary/aromatic N) is 1. The molecular formula is C9H19N3O4. The van der Waals surface area contributed by atoms with Gasteiger partial charge in [0.15, 0.2) is 0 Å². The third-order valence-corrected chi connectivity index (χ3v) is 1.69. The molecule has 0 aliphatic carbocycles. The molecule has 0 aromatic rings. The van der Waals surface area contributed by atoms with Crippen LogP contribution in [0.15, 0.2) is 0 Å². The van der Waals surface area contributed by atoms with Gasteiger partial charge in [0.05, 0.1) is 26.3 Å². The molecule has 0 aromatic heterocycles. The summed E-state index contributed by atoms with van der Waals surface area (Å²) in [6.45, 7) is 0.394. The second-order valence-corrected chi connectivity index (χ2v) is 3.32. The lowest BCUT2D eigenvalue weighted by Crippen LogP contribution is -2.41. The molecule has 0 aliphatic heterocycles.